The van der Waals surface area contributed by atoms with Crippen molar-refractivity contribution in [2.24, 2.45) is 10.9 Å². The van der Waals surface area contributed by atoms with E-state index in [0.717, 1.165) is 6.54 Å². The molecular weight excluding hydrogens is 348 g/mol. The van der Waals surface area contributed by atoms with E-state index in [0.29, 0.717) is 19.0 Å². The van der Waals surface area contributed by atoms with Gasteiger partial charge in [0.05, 0.1) is 12.1 Å². The van der Waals surface area contributed by atoms with Gasteiger partial charge in [-0.3, -0.25) is 9.89 Å². The third kappa shape index (κ3) is 7.18. The van der Waals surface area contributed by atoms with Gasteiger partial charge in [-0.05, 0) is 54.4 Å². The first-order chi connectivity index (χ1) is 12.4. The van der Waals surface area contributed by atoms with Crippen molar-refractivity contribution in [3.8, 4) is 0 Å². The molecule has 1 fully saturated rings. The van der Waals surface area contributed by atoms with Crippen LogP contribution in [0.25, 0.3) is 0 Å². The Kier molecular flexibility index (Phi) is 8.35. The number of aliphatic hydroxyl groups is 1. The third-order valence-corrected chi connectivity index (χ3v) is 4.21. The molecule has 27 heavy (non-hydrogen) atoms. The van der Waals surface area contributed by atoms with Gasteiger partial charge in [-0.25, -0.2) is 4.79 Å². The number of rotatable bonds is 6. The SMILES string of the molecule is CCNC(=NCC(C)CO)NCC1C(C)OC(C)(C)N1C(=O)OC(C)(C)C. The molecule has 3 atom stereocenters. The molecule has 0 aromatic rings. The number of hydrogen-bond donors (Lipinski definition) is 3. The first-order valence-corrected chi connectivity index (χ1v) is 9.74. The molecule has 0 aliphatic carbocycles. The lowest BCUT2D eigenvalue weighted by atomic mass is 10.1. The minimum atomic E-state index is -0.755. The quantitative estimate of drug-likeness (QED) is 0.477. The number of aliphatic hydroxyl groups excluding tert-OH is 1. The van der Waals surface area contributed by atoms with E-state index < -0.39 is 11.3 Å². The van der Waals surface area contributed by atoms with Gasteiger partial charge in [0.25, 0.3) is 0 Å². The molecule has 1 saturated heterocycles. The van der Waals surface area contributed by atoms with Gasteiger partial charge in [-0.15, -0.1) is 0 Å². The number of amides is 1. The van der Waals surface area contributed by atoms with Crippen LogP contribution in [0.3, 0.4) is 0 Å². The molecule has 8 nitrogen and oxygen atoms in total. The molecule has 0 saturated carbocycles. The summed E-state index contributed by atoms with van der Waals surface area (Å²) in [6.07, 6.45) is -0.543. The Bertz CT molecular complexity index is 516. The van der Waals surface area contributed by atoms with Crippen LogP contribution in [0.5, 0.6) is 0 Å². The Hall–Kier alpha value is -1.54. The molecule has 0 aromatic heterocycles. The summed E-state index contributed by atoms with van der Waals surface area (Å²) in [6.45, 7) is 17.0. The van der Waals surface area contributed by atoms with Crippen LogP contribution in [0, 0.1) is 5.92 Å². The van der Waals surface area contributed by atoms with Crippen LogP contribution >= 0.6 is 0 Å². The Morgan fingerprint density at radius 2 is 2.00 bits per heavy atom. The molecule has 1 amide bonds. The summed E-state index contributed by atoms with van der Waals surface area (Å²) in [5.41, 5.74) is -1.33. The van der Waals surface area contributed by atoms with E-state index in [-0.39, 0.29) is 30.8 Å². The van der Waals surface area contributed by atoms with E-state index in [1.807, 2.05) is 55.4 Å². The topological polar surface area (TPSA) is 95.4 Å². The zero-order valence-corrected chi connectivity index (χ0v) is 18.1. The molecule has 3 unspecified atom stereocenters. The van der Waals surface area contributed by atoms with Gasteiger partial charge in [0.2, 0.25) is 0 Å². The first-order valence-electron chi connectivity index (χ1n) is 9.74. The Morgan fingerprint density at radius 1 is 1.37 bits per heavy atom. The summed E-state index contributed by atoms with van der Waals surface area (Å²) in [5, 5.41) is 15.6. The molecule has 3 N–H and O–H groups in total. The van der Waals surface area contributed by atoms with Crippen molar-refractivity contribution in [2.75, 3.05) is 26.2 Å². The molecular formula is C19H38N4O4. The summed E-state index contributed by atoms with van der Waals surface area (Å²) >= 11 is 0. The van der Waals surface area contributed by atoms with Crippen LogP contribution in [-0.2, 0) is 9.47 Å². The van der Waals surface area contributed by atoms with Crippen LogP contribution in [0.2, 0.25) is 0 Å². The number of aliphatic imine (C=N–C) groups is 1. The van der Waals surface area contributed by atoms with E-state index in [2.05, 4.69) is 15.6 Å². The summed E-state index contributed by atoms with van der Waals surface area (Å²) in [5.74, 6) is 0.741. The predicted molar refractivity (Wildman–Crippen MR) is 107 cm³/mol. The van der Waals surface area contributed by atoms with E-state index in [9.17, 15) is 9.90 Å². The maximum atomic E-state index is 12.8. The number of hydrogen-bond acceptors (Lipinski definition) is 5. The van der Waals surface area contributed by atoms with Gasteiger partial charge >= 0.3 is 6.09 Å². The number of ether oxygens (including phenoxy) is 2. The highest BCUT2D eigenvalue weighted by atomic mass is 16.6. The maximum Gasteiger partial charge on any atom is 0.412 e. The lowest BCUT2D eigenvalue weighted by Gasteiger charge is -2.35. The number of guanidine groups is 1. The Labute approximate surface area is 163 Å². The van der Waals surface area contributed by atoms with Crippen LogP contribution in [0.15, 0.2) is 4.99 Å². The molecule has 0 radical (unpaired) electrons. The fourth-order valence-corrected chi connectivity index (χ4v) is 2.97. The predicted octanol–water partition coefficient (Wildman–Crippen LogP) is 1.93. The van der Waals surface area contributed by atoms with Gasteiger partial charge in [-0.2, -0.15) is 0 Å². The smallest absolute Gasteiger partial charge is 0.412 e. The standard InChI is InChI=1S/C19H38N4O4/c1-9-20-16(21-10-13(2)12-24)22-11-15-14(3)26-19(7,8)23(15)17(25)27-18(4,5)6/h13-15,24H,9-12H2,1-8H3,(H2,20,21,22). The average Bonchev–Trinajstić information content (AvgIpc) is 2.76. The van der Waals surface area contributed by atoms with E-state index >= 15 is 0 Å². The van der Waals surface area contributed by atoms with Crippen LogP contribution in [0.4, 0.5) is 4.79 Å². The molecule has 0 bridgehead atoms. The lowest BCUT2D eigenvalue weighted by molar-refractivity contribution is -0.0755. The normalized spacial score (nSPS) is 23.9. The highest BCUT2D eigenvalue weighted by Crippen LogP contribution is 2.33. The van der Waals surface area contributed by atoms with E-state index in [1.165, 1.54) is 0 Å². The second-order valence-electron chi connectivity index (χ2n) is 8.58. The molecule has 158 valence electrons. The zero-order chi connectivity index (χ0) is 20.8. The number of carbonyl (C=O) groups excluding carboxylic acids is 1. The second kappa shape index (κ2) is 9.59. The van der Waals surface area contributed by atoms with Gasteiger partial charge in [0.15, 0.2) is 5.96 Å². The van der Waals surface area contributed by atoms with Crippen molar-refractivity contribution in [3.63, 3.8) is 0 Å². The first kappa shape index (κ1) is 23.5. The zero-order valence-electron chi connectivity index (χ0n) is 18.1. The number of nitrogens with zero attached hydrogens (tertiary/aromatic N) is 2. The van der Waals surface area contributed by atoms with E-state index in [4.69, 9.17) is 9.47 Å². The van der Waals surface area contributed by atoms with Crippen molar-refractivity contribution in [1.82, 2.24) is 15.5 Å². The second-order valence-corrected chi connectivity index (χ2v) is 8.58. The number of carbonyl (C=O) groups is 1. The van der Waals surface area contributed by atoms with Crippen LogP contribution in [-0.4, -0.2) is 71.8 Å². The van der Waals surface area contributed by atoms with E-state index in [1.54, 1.807) is 4.90 Å². The molecule has 0 spiro atoms. The molecule has 1 aliphatic heterocycles. The average molecular weight is 387 g/mol. The van der Waals surface area contributed by atoms with Crippen molar-refractivity contribution < 1.29 is 19.4 Å². The lowest BCUT2D eigenvalue weighted by Crippen LogP contribution is -2.54. The van der Waals surface area contributed by atoms with Gasteiger partial charge < -0.3 is 25.2 Å². The van der Waals surface area contributed by atoms with Gasteiger partial charge in [0.1, 0.15) is 11.3 Å². The fourth-order valence-electron chi connectivity index (χ4n) is 2.97. The van der Waals surface area contributed by atoms with Crippen molar-refractivity contribution in [3.05, 3.63) is 0 Å². The number of nitrogens with one attached hydrogen (secondary N) is 2. The molecule has 1 heterocycles. The van der Waals surface area contributed by atoms with Crippen molar-refractivity contribution in [1.29, 1.82) is 0 Å². The highest BCUT2D eigenvalue weighted by Gasteiger charge is 2.49. The summed E-state index contributed by atoms with van der Waals surface area (Å²) in [6, 6.07) is -0.200. The fraction of sp³-hybridized carbons (Fsp3) is 0.895. The minimum Gasteiger partial charge on any atom is -0.444 e. The minimum absolute atomic E-state index is 0.0892. The molecule has 1 rings (SSSR count). The largest absolute Gasteiger partial charge is 0.444 e. The van der Waals surface area contributed by atoms with Gasteiger partial charge in [0, 0.05) is 26.2 Å². The monoisotopic (exact) mass is 386 g/mol. The highest BCUT2D eigenvalue weighted by molar-refractivity contribution is 5.80. The Morgan fingerprint density at radius 3 is 2.52 bits per heavy atom. The van der Waals surface area contributed by atoms with Crippen LogP contribution < -0.4 is 10.6 Å². The maximum absolute atomic E-state index is 12.8. The third-order valence-electron chi connectivity index (χ3n) is 4.21. The molecule has 8 heteroatoms. The van der Waals surface area contributed by atoms with Crippen molar-refractivity contribution >= 4 is 12.1 Å². The summed E-state index contributed by atoms with van der Waals surface area (Å²) < 4.78 is 11.6. The van der Waals surface area contributed by atoms with Crippen LogP contribution in [0.1, 0.15) is 55.4 Å². The molecule has 1 aliphatic rings. The van der Waals surface area contributed by atoms with Gasteiger partial charge in [-0.1, -0.05) is 6.92 Å². The summed E-state index contributed by atoms with van der Waals surface area (Å²) in [7, 11) is 0. The summed E-state index contributed by atoms with van der Waals surface area (Å²) in [4.78, 5) is 18.9. The molecule has 0 aromatic carbocycles. The Balaban J connectivity index is 2.88. The van der Waals surface area contributed by atoms with Crippen molar-refractivity contribution in [2.45, 2.75) is 78.9 Å².